The lowest BCUT2D eigenvalue weighted by molar-refractivity contribution is -0.135. The summed E-state index contributed by atoms with van der Waals surface area (Å²) in [7, 11) is 0. The van der Waals surface area contributed by atoms with Crippen molar-refractivity contribution in [2.45, 2.75) is 18.9 Å². The second-order valence-corrected chi connectivity index (χ2v) is 7.78. The molecule has 0 aliphatic carbocycles. The van der Waals surface area contributed by atoms with Gasteiger partial charge in [-0.2, -0.15) is 0 Å². The van der Waals surface area contributed by atoms with Gasteiger partial charge in [0.1, 0.15) is 0 Å². The maximum atomic E-state index is 12.8. The van der Waals surface area contributed by atoms with Crippen molar-refractivity contribution in [1.82, 2.24) is 4.90 Å². The Hall–Kier alpha value is -1.85. The highest BCUT2D eigenvalue weighted by Crippen LogP contribution is 2.32. The summed E-state index contributed by atoms with van der Waals surface area (Å²) in [6.07, 6.45) is 1.22. The minimum atomic E-state index is -0.119. The largest absolute Gasteiger partial charge is 0.373 e. The van der Waals surface area contributed by atoms with Gasteiger partial charge in [-0.15, -0.1) is 0 Å². The van der Waals surface area contributed by atoms with E-state index in [0.29, 0.717) is 13.0 Å². The van der Waals surface area contributed by atoms with Crippen molar-refractivity contribution in [2.24, 2.45) is 0 Å². The first-order chi connectivity index (χ1) is 12.7. The van der Waals surface area contributed by atoms with Crippen LogP contribution in [0.4, 0.5) is 5.69 Å². The molecule has 0 aromatic heterocycles. The first kappa shape index (κ1) is 17.6. The molecule has 1 unspecified atom stereocenters. The molecule has 0 saturated carbocycles. The van der Waals surface area contributed by atoms with Crippen molar-refractivity contribution in [2.75, 3.05) is 37.7 Å². The number of ether oxygens (including phenoxy) is 1. The van der Waals surface area contributed by atoms with E-state index < -0.39 is 0 Å². The molecule has 5 heteroatoms. The Kier molecular flexibility index (Phi) is 5.27. The minimum absolute atomic E-state index is 0.119. The first-order valence-corrected chi connectivity index (χ1v) is 9.98. The molecule has 2 aliphatic rings. The van der Waals surface area contributed by atoms with E-state index in [1.165, 1.54) is 11.3 Å². The molecule has 1 amide bonds. The van der Waals surface area contributed by atoms with E-state index in [0.717, 1.165) is 42.6 Å². The number of piperazine rings is 1. The Bertz CT molecular complexity index is 773. The number of anilines is 1. The highest BCUT2D eigenvalue weighted by Gasteiger charge is 2.27. The number of para-hydroxylation sites is 1. The molecule has 0 bridgehead atoms. The number of hydrogen-bond donors (Lipinski definition) is 0. The number of hydrogen-bond acceptors (Lipinski definition) is 3. The van der Waals surface area contributed by atoms with Crippen molar-refractivity contribution in [1.29, 1.82) is 0 Å². The van der Waals surface area contributed by atoms with Crippen LogP contribution in [-0.4, -0.2) is 43.6 Å². The Morgan fingerprint density at radius 3 is 2.62 bits per heavy atom. The van der Waals surface area contributed by atoms with Crippen LogP contribution < -0.4 is 4.90 Å². The number of rotatable bonds is 3. The fourth-order valence-corrected chi connectivity index (χ4v) is 4.22. The monoisotopic (exact) mass is 414 g/mol. The molecule has 2 aromatic rings. The van der Waals surface area contributed by atoms with E-state index in [1.54, 1.807) is 0 Å². The number of amides is 1. The Balaban J connectivity index is 1.37. The highest BCUT2D eigenvalue weighted by atomic mass is 79.9. The van der Waals surface area contributed by atoms with Gasteiger partial charge in [-0.05, 0) is 41.8 Å². The molecule has 4 rings (SSSR count). The fraction of sp³-hybridized carbons (Fsp3) is 0.381. The van der Waals surface area contributed by atoms with Crippen LogP contribution in [0.5, 0.6) is 0 Å². The standard InChI is InChI=1S/C21H23BrN2O2/c22-17-6-7-19-16(14-17)8-13-26-20(19)15-21(25)24-11-9-23(10-12-24)18-4-2-1-3-5-18/h1-7,14,20H,8-13,15H2. The predicted octanol–water partition coefficient (Wildman–Crippen LogP) is 3.80. The van der Waals surface area contributed by atoms with Crippen molar-refractivity contribution >= 4 is 27.5 Å². The molecule has 1 atom stereocenters. The zero-order chi connectivity index (χ0) is 17.9. The van der Waals surface area contributed by atoms with Crippen LogP contribution in [0.25, 0.3) is 0 Å². The maximum Gasteiger partial charge on any atom is 0.225 e. The van der Waals surface area contributed by atoms with Crippen LogP contribution in [0, 0.1) is 0 Å². The second-order valence-electron chi connectivity index (χ2n) is 6.86. The average Bonchev–Trinajstić information content (AvgIpc) is 2.69. The molecule has 2 aromatic carbocycles. The Morgan fingerprint density at radius 2 is 1.85 bits per heavy atom. The summed E-state index contributed by atoms with van der Waals surface area (Å²) in [5.74, 6) is 0.193. The van der Waals surface area contributed by atoms with Crippen molar-refractivity contribution in [3.8, 4) is 0 Å². The van der Waals surface area contributed by atoms with Gasteiger partial charge >= 0.3 is 0 Å². The SMILES string of the molecule is O=C(CC1OCCc2cc(Br)ccc21)N1CCN(c2ccccc2)CC1. The van der Waals surface area contributed by atoms with Gasteiger partial charge < -0.3 is 14.5 Å². The van der Waals surface area contributed by atoms with Crippen LogP contribution in [0.2, 0.25) is 0 Å². The minimum Gasteiger partial charge on any atom is -0.373 e. The lowest BCUT2D eigenvalue weighted by Crippen LogP contribution is -2.49. The van der Waals surface area contributed by atoms with Gasteiger partial charge in [0.2, 0.25) is 5.91 Å². The lowest BCUT2D eigenvalue weighted by atomic mass is 9.95. The smallest absolute Gasteiger partial charge is 0.225 e. The van der Waals surface area contributed by atoms with Crippen LogP contribution in [0.3, 0.4) is 0 Å². The van der Waals surface area contributed by atoms with E-state index in [2.05, 4.69) is 57.2 Å². The van der Waals surface area contributed by atoms with Gasteiger partial charge in [-0.25, -0.2) is 0 Å². The van der Waals surface area contributed by atoms with Crippen LogP contribution in [-0.2, 0) is 16.0 Å². The van der Waals surface area contributed by atoms with Crippen LogP contribution in [0.1, 0.15) is 23.7 Å². The van der Waals surface area contributed by atoms with Crippen molar-refractivity contribution in [3.63, 3.8) is 0 Å². The number of carbonyl (C=O) groups excluding carboxylic acids is 1. The van der Waals surface area contributed by atoms with Crippen molar-refractivity contribution < 1.29 is 9.53 Å². The van der Waals surface area contributed by atoms with Crippen molar-refractivity contribution in [3.05, 3.63) is 64.1 Å². The van der Waals surface area contributed by atoms with E-state index in [4.69, 9.17) is 4.74 Å². The van der Waals surface area contributed by atoms with Gasteiger partial charge in [0, 0.05) is 36.3 Å². The molecule has 26 heavy (non-hydrogen) atoms. The molecule has 0 radical (unpaired) electrons. The first-order valence-electron chi connectivity index (χ1n) is 9.18. The molecule has 4 nitrogen and oxygen atoms in total. The number of halogens is 1. The summed E-state index contributed by atoms with van der Waals surface area (Å²) in [6, 6.07) is 16.7. The van der Waals surface area contributed by atoms with E-state index in [9.17, 15) is 4.79 Å². The summed E-state index contributed by atoms with van der Waals surface area (Å²) in [6.45, 7) is 3.99. The zero-order valence-electron chi connectivity index (χ0n) is 14.7. The topological polar surface area (TPSA) is 32.8 Å². The molecule has 2 aliphatic heterocycles. The average molecular weight is 415 g/mol. The predicted molar refractivity (Wildman–Crippen MR) is 106 cm³/mol. The quantitative estimate of drug-likeness (QED) is 0.765. The molecule has 136 valence electrons. The summed E-state index contributed by atoms with van der Waals surface area (Å²) in [5, 5.41) is 0. The summed E-state index contributed by atoms with van der Waals surface area (Å²) >= 11 is 3.53. The van der Waals surface area contributed by atoms with Gasteiger partial charge in [0.05, 0.1) is 19.1 Å². The molecule has 0 N–H and O–H groups in total. The molecule has 2 heterocycles. The highest BCUT2D eigenvalue weighted by molar-refractivity contribution is 9.10. The Morgan fingerprint density at radius 1 is 1.08 bits per heavy atom. The number of benzene rings is 2. The summed E-state index contributed by atoms with van der Waals surface area (Å²) < 4.78 is 7.01. The second kappa shape index (κ2) is 7.80. The van der Waals surface area contributed by atoms with E-state index in [-0.39, 0.29) is 12.0 Å². The fourth-order valence-electron chi connectivity index (χ4n) is 3.82. The molecule has 1 saturated heterocycles. The molecule has 1 fully saturated rings. The molecular formula is C21H23BrN2O2. The molecular weight excluding hydrogens is 392 g/mol. The summed E-state index contributed by atoms with van der Waals surface area (Å²) in [5.41, 5.74) is 3.68. The van der Waals surface area contributed by atoms with Gasteiger partial charge in [-0.1, -0.05) is 40.2 Å². The third-order valence-corrected chi connectivity index (χ3v) is 5.75. The summed E-state index contributed by atoms with van der Waals surface area (Å²) in [4.78, 5) is 17.1. The third-order valence-electron chi connectivity index (χ3n) is 5.26. The van der Waals surface area contributed by atoms with Crippen LogP contribution >= 0.6 is 15.9 Å². The Labute approximate surface area is 162 Å². The molecule has 0 spiro atoms. The van der Waals surface area contributed by atoms with Crippen LogP contribution in [0.15, 0.2) is 53.0 Å². The zero-order valence-corrected chi connectivity index (χ0v) is 16.3. The van der Waals surface area contributed by atoms with Gasteiger partial charge in [-0.3, -0.25) is 4.79 Å². The van der Waals surface area contributed by atoms with E-state index in [1.807, 2.05) is 17.0 Å². The van der Waals surface area contributed by atoms with Gasteiger partial charge in [0.15, 0.2) is 0 Å². The normalized spacial score (nSPS) is 20.0. The number of nitrogens with zero attached hydrogens (tertiary/aromatic N) is 2. The number of fused-ring (bicyclic) bond motifs is 1. The lowest BCUT2D eigenvalue weighted by Gasteiger charge is -2.37. The van der Waals surface area contributed by atoms with E-state index >= 15 is 0 Å². The third kappa shape index (κ3) is 3.79. The maximum absolute atomic E-state index is 12.8. The number of carbonyl (C=O) groups is 1. The van der Waals surface area contributed by atoms with Gasteiger partial charge in [0.25, 0.3) is 0 Å².